The number of para-hydroxylation sites is 1. The van der Waals surface area contributed by atoms with E-state index in [0.717, 1.165) is 12.1 Å². The monoisotopic (exact) mass is 255 g/mol. The second-order valence-electron chi connectivity index (χ2n) is 3.29. The standard InChI is InChI=1S/C12H8ClF2NO/c13-12-8(3-2-6-16-12)7-17-11-9(14)4-1-5-10(11)15/h1-6H,7H2. The van der Waals surface area contributed by atoms with Gasteiger partial charge in [0.1, 0.15) is 11.8 Å². The van der Waals surface area contributed by atoms with Crippen LogP contribution >= 0.6 is 11.6 Å². The summed E-state index contributed by atoms with van der Waals surface area (Å²) in [6, 6.07) is 6.87. The summed E-state index contributed by atoms with van der Waals surface area (Å²) in [5, 5.41) is 0.254. The van der Waals surface area contributed by atoms with Crippen molar-refractivity contribution < 1.29 is 13.5 Å². The molecule has 0 fully saturated rings. The first-order chi connectivity index (χ1) is 8.18. The van der Waals surface area contributed by atoms with Crippen LogP contribution in [-0.4, -0.2) is 4.98 Å². The minimum absolute atomic E-state index is 0.0372. The van der Waals surface area contributed by atoms with E-state index in [1.807, 2.05) is 0 Å². The smallest absolute Gasteiger partial charge is 0.191 e. The van der Waals surface area contributed by atoms with Crippen molar-refractivity contribution in [3.8, 4) is 5.75 Å². The van der Waals surface area contributed by atoms with E-state index in [1.54, 1.807) is 12.1 Å². The molecule has 0 amide bonds. The summed E-state index contributed by atoms with van der Waals surface area (Å²) in [6.07, 6.45) is 1.52. The highest BCUT2D eigenvalue weighted by atomic mass is 35.5. The van der Waals surface area contributed by atoms with Gasteiger partial charge in [-0.05, 0) is 18.2 Å². The van der Waals surface area contributed by atoms with Crippen molar-refractivity contribution in [2.24, 2.45) is 0 Å². The van der Waals surface area contributed by atoms with Crippen molar-refractivity contribution in [3.05, 3.63) is 58.9 Å². The SMILES string of the molecule is Fc1cccc(F)c1OCc1cccnc1Cl. The van der Waals surface area contributed by atoms with E-state index in [9.17, 15) is 8.78 Å². The number of nitrogens with zero attached hydrogens (tertiary/aromatic N) is 1. The minimum atomic E-state index is -0.745. The Kier molecular flexibility index (Phi) is 3.54. The molecule has 0 N–H and O–H groups in total. The average molecular weight is 256 g/mol. The van der Waals surface area contributed by atoms with Crippen LogP contribution in [0.25, 0.3) is 0 Å². The van der Waals surface area contributed by atoms with Crippen molar-refractivity contribution in [2.75, 3.05) is 0 Å². The zero-order valence-corrected chi connectivity index (χ0v) is 9.42. The lowest BCUT2D eigenvalue weighted by Crippen LogP contribution is -2.00. The molecule has 0 spiro atoms. The molecule has 2 aromatic rings. The predicted molar refractivity (Wildman–Crippen MR) is 59.9 cm³/mol. The fraction of sp³-hybridized carbons (Fsp3) is 0.0833. The van der Waals surface area contributed by atoms with Crippen LogP contribution in [0.2, 0.25) is 5.15 Å². The first kappa shape index (κ1) is 11.8. The molecule has 1 aromatic carbocycles. The van der Waals surface area contributed by atoms with Gasteiger partial charge in [-0.15, -0.1) is 0 Å². The molecule has 1 heterocycles. The second-order valence-corrected chi connectivity index (χ2v) is 3.65. The van der Waals surface area contributed by atoms with Crippen molar-refractivity contribution in [1.29, 1.82) is 0 Å². The number of hydrogen-bond acceptors (Lipinski definition) is 2. The summed E-state index contributed by atoms with van der Waals surface area (Å²) < 4.78 is 31.5. The van der Waals surface area contributed by atoms with Gasteiger partial charge in [-0.1, -0.05) is 23.7 Å². The van der Waals surface area contributed by atoms with E-state index in [-0.39, 0.29) is 11.8 Å². The third-order valence-electron chi connectivity index (χ3n) is 2.13. The summed E-state index contributed by atoms with van der Waals surface area (Å²) in [6.45, 7) is -0.0372. The molecule has 0 bridgehead atoms. The van der Waals surface area contributed by atoms with Crippen molar-refractivity contribution in [2.45, 2.75) is 6.61 Å². The van der Waals surface area contributed by atoms with Crippen LogP contribution in [0.15, 0.2) is 36.5 Å². The van der Waals surface area contributed by atoms with Crippen LogP contribution < -0.4 is 4.74 Å². The molecule has 0 unspecified atom stereocenters. The third kappa shape index (κ3) is 2.71. The Bertz CT molecular complexity index is 513. The molecule has 17 heavy (non-hydrogen) atoms. The van der Waals surface area contributed by atoms with Crippen molar-refractivity contribution in [1.82, 2.24) is 4.98 Å². The topological polar surface area (TPSA) is 22.1 Å². The van der Waals surface area contributed by atoms with E-state index < -0.39 is 17.4 Å². The minimum Gasteiger partial charge on any atom is -0.483 e. The Morgan fingerprint density at radius 1 is 1.12 bits per heavy atom. The fourth-order valence-corrected chi connectivity index (χ4v) is 1.47. The average Bonchev–Trinajstić information content (AvgIpc) is 2.30. The number of halogens is 3. The lowest BCUT2D eigenvalue weighted by molar-refractivity contribution is 0.274. The van der Waals surface area contributed by atoms with Gasteiger partial charge < -0.3 is 4.74 Å². The molecule has 0 radical (unpaired) electrons. The van der Waals surface area contributed by atoms with Crippen LogP contribution in [0.4, 0.5) is 8.78 Å². The molecular formula is C12H8ClF2NO. The van der Waals surface area contributed by atoms with Crippen molar-refractivity contribution >= 4 is 11.6 Å². The summed E-state index contributed by atoms with van der Waals surface area (Å²) >= 11 is 5.79. The van der Waals surface area contributed by atoms with Gasteiger partial charge in [-0.25, -0.2) is 13.8 Å². The molecule has 2 rings (SSSR count). The molecule has 0 aliphatic heterocycles. The summed E-state index contributed by atoms with van der Waals surface area (Å²) in [4.78, 5) is 3.83. The quantitative estimate of drug-likeness (QED) is 0.782. The van der Waals surface area contributed by atoms with E-state index in [2.05, 4.69) is 4.98 Å². The maximum atomic E-state index is 13.2. The number of pyridine rings is 1. The Labute approximate surface area is 102 Å². The Morgan fingerprint density at radius 2 is 1.82 bits per heavy atom. The molecule has 1 aromatic heterocycles. The summed E-state index contributed by atoms with van der Waals surface area (Å²) in [5.41, 5.74) is 0.566. The highest BCUT2D eigenvalue weighted by molar-refractivity contribution is 6.30. The van der Waals surface area contributed by atoms with Gasteiger partial charge in [0, 0.05) is 11.8 Å². The lowest BCUT2D eigenvalue weighted by Gasteiger charge is -2.08. The lowest BCUT2D eigenvalue weighted by atomic mass is 10.3. The third-order valence-corrected chi connectivity index (χ3v) is 2.47. The number of aromatic nitrogens is 1. The molecule has 88 valence electrons. The molecule has 5 heteroatoms. The van der Waals surface area contributed by atoms with E-state index >= 15 is 0 Å². The summed E-state index contributed by atoms with van der Waals surface area (Å²) in [7, 11) is 0. The van der Waals surface area contributed by atoms with Gasteiger partial charge in [0.2, 0.25) is 0 Å². The van der Waals surface area contributed by atoms with Gasteiger partial charge >= 0.3 is 0 Å². The van der Waals surface area contributed by atoms with Gasteiger partial charge in [-0.3, -0.25) is 0 Å². The first-order valence-corrected chi connectivity index (χ1v) is 5.22. The van der Waals surface area contributed by atoms with Crippen LogP contribution in [-0.2, 0) is 6.61 Å². The van der Waals surface area contributed by atoms with Crippen LogP contribution in [0.5, 0.6) is 5.75 Å². The molecule has 0 saturated carbocycles. The zero-order valence-electron chi connectivity index (χ0n) is 8.66. The van der Waals surface area contributed by atoms with Gasteiger partial charge in [-0.2, -0.15) is 0 Å². The van der Waals surface area contributed by atoms with E-state index in [4.69, 9.17) is 16.3 Å². The zero-order chi connectivity index (χ0) is 12.3. The maximum Gasteiger partial charge on any atom is 0.191 e. The van der Waals surface area contributed by atoms with E-state index in [0.29, 0.717) is 5.56 Å². The Morgan fingerprint density at radius 3 is 2.47 bits per heavy atom. The number of ether oxygens (including phenoxy) is 1. The molecule has 0 aliphatic rings. The second kappa shape index (κ2) is 5.10. The number of benzene rings is 1. The van der Waals surface area contributed by atoms with Crippen molar-refractivity contribution in [3.63, 3.8) is 0 Å². The molecular weight excluding hydrogens is 248 g/mol. The predicted octanol–water partition coefficient (Wildman–Crippen LogP) is 3.59. The van der Waals surface area contributed by atoms with Gasteiger partial charge in [0.15, 0.2) is 17.4 Å². The normalized spacial score (nSPS) is 10.3. The maximum absolute atomic E-state index is 13.2. The Balaban J connectivity index is 2.16. The largest absolute Gasteiger partial charge is 0.483 e. The van der Waals surface area contributed by atoms with Gasteiger partial charge in [0.05, 0.1) is 0 Å². The van der Waals surface area contributed by atoms with Crippen LogP contribution in [0, 0.1) is 11.6 Å². The molecule has 0 aliphatic carbocycles. The highest BCUT2D eigenvalue weighted by Gasteiger charge is 2.10. The highest BCUT2D eigenvalue weighted by Crippen LogP contribution is 2.23. The molecule has 0 saturated heterocycles. The van der Waals surface area contributed by atoms with Gasteiger partial charge in [0.25, 0.3) is 0 Å². The molecule has 0 atom stereocenters. The molecule has 2 nitrogen and oxygen atoms in total. The first-order valence-electron chi connectivity index (χ1n) is 4.84. The fourth-order valence-electron chi connectivity index (χ4n) is 1.30. The van der Waals surface area contributed by atoms with Crippen LogP contribution in [0.1, 0.15) is 5.56 Å². The number of rotatable bonds is 3. The summed E-state index contributed by atoms with van der Waals surface area (Å²) in [5.74, 6) is -1.90. The Hall–Kier alpha value is -1.68. The van der Waals surface area contributed by atoms with E-state index in [1.165, 1.54) is 12.3 Å². The van der Waals surface area contributed by atoms with Crippen LogP contribution in [0.3, 0.4) is 0 Å². The number of hydrogen-bond donors (Lipinski definition) is 0.